The number of ketones is 1. The van der Waals surface area contributed by atoms with E-state index in [1.165, 1.54) is 16.0 Å². The number of pyridine rings is 1. The van der Waals surface area contributed by atoms with Crippen molar-refractivity contribution >= 4 is 34.4 Å². The zero-order valence-electron chi connectivity index (χ0n) is 12.9. The summed E-state index contributed by atoms with van der Waals surface area (Å²) in [5.41, 5.74) is 0.926. The number of carbonyl (C=O) groups is 1. The van der Waals surface area contributed by atoms with E-state index in [1.54, 1.807) is 39.8 Å². The number of carbonyl (C=O) groups excluding carboxylic acids is 1. The molecule has 126 valence electrons. The second kappa shape index (κ2) is 6.30. The first kappa shape index (κ1) is 15.8. The highest BCUT2D eigenvalue weighted by Crippen LogP contribution is 2.22. The summed E-state index contributed by atoms with van der Waals surface area (Å²) in [6.45, 7) is 0.423. The molecule has 4 aromatic rings. The molecule has 0 amide bonds. The van der Waals surface area contributed by atoms with Gasteiger partial charge in [-0.3, -0.25) is 9.48 Å². The van der Waals surface area contributed by atoms with Gasteiger partial charge in [0.15, 0.2) is 4.47 Å². The van der Waals surface area contributed by atoms with Crippen LogP contribution in [0.1, 0.15) is 15.4 Å². The van der Waals surface area contributed by atoms with Gasteiger partial charge in [0.25, 0.3) is 11.3 Å². The third-order valence-corrected chi connectivity index (χ3v) is 4.89. The van der Waals surface area contributed by atoms with Crippen LogP contribution in [0.25, 0.3) is 5.65 Å². The maximum Gasteiger partial charge on any atom is 0.335 e. The van der Waals surface area contributed by atoms with Gasteiger partial charge in [0.1, 0.15) is 13.1 Å². The van der Waals surface area contributed by atoms with E-state index >= 15 is 0 Å². The largest absolute Gasteiger partial charge is 0.475 e. The van der Waals surface area contributed by atoms with E-state index < -0.39 is 0 Å². The van der Waals surface area contributed by atoms with Crippen LogP contribution in [0.5, 0.6) is 5.88 Å². The lowest BCUT2D eigenvalue weighted by Crippen LogP contribution is -2.33. The standard InChI is InChI=1S/C16H12ClN5O2S/c17-16-18-8-11(25-16)9-22-13-4-1-2-7-21(13)14(15(22)24)12(23)10-20-6-3-5-19-20/h1-8H,9-10H2/p+1. The normalized spacial score (nSPS) is 11.2. The van der Waals surface area contributed by atoms with Crippen LogP contribution in [0.2, 0.25) is 4.47 Å². The van der Waals surface area contributed by atoms with Crippen LogP contribution < -0.4 is 4.57 Å². The number of rotatable bonds is 5. The molecule has 0 radical (unpaired) electrons. The van der Waals surface area contributed by atoms with Crippen molar-refractivity contribution in [1.82, 2.24) is 19.2 Å². The summed E-state index contributed by atoms with van der Waals surface area (Å²) >= 11 is 7.22. The van der Waals surface area contributed by atoms with Crippen molar-refractivity contribution in [3.63, 3.8) is 0 Å². The Bertz CT molecular complexity index is 1050. The zero-order valence-corrected chi connectivity index (χ0v) is 14.5. The van der Waals surface area contributed by atoms with Crippen molar-refractivity contribution in [3.8, 4) is 5.88 Å². The van der Waals surface area contributed by atoms with Gasteiger partial charge in [0.05, 0.1) is 11.1 Å². The van der Waals surface area contributed by atoms with Crippen LogP contribution in [-0.2, 0) is 13.1 Å². The zero-order chi connectivity index (χ0) is 17.4. The van der Waals surface area contributed by atoms with Crippen LogP contribution in [0, 0.1) is 0 Å². The lowest BCUT2D eigenvalue weighted by atomic mass is 10.3. The van der Waals surface area contributed by atoms with Gasteiger partial charge >= 0.3 is 5.88 Å². The fraction of sp³-hybridized carbons (Fsp3) is 0.125. The van der Waals surface area contributed by atoms with Crippen molar-refractivity contribution in [2.24, 2.45) is 0 Å². The summed E-state index contributed by atoms with van der Waals surface area (Å²) in [7, 11) is 0. The molecular weight excluding hydrogens is 362 g/mol. The molecule has 0 saturated heterocycles. The molecule has 4 heterocycles. The summed E-state index contributed by atoms with van der Waals surface area (Å²) in [5, 5.41) is 14.8. The Morgan fingerprint density at radius 1 is 1.32 bits per heavy atom. The molecule has 4 aromatic heterocycles. The second-order valence-corrected chi connectivity index (χ2v) is 7.09. The van der Waals surface area contributed by atoms with Crippen LogP contribution in [-0.4, -0.2) is 30.1 Å². The number of imidazole rings is 1. The highest BCUT2D eigenvalue weighted by molar-refractivity contribution is 7.15. The van der Waals surface area contributed by atoms with Crippen molar-refractivity contribution < 1.29 is 14.5 Å². The average Bonchev–Trinajstić information content (AvgIpc) is 3.30. The van der Waals surface area contributed by atoms with Crippen molar-refractivity contribution in [1.29, 1.82) is 0 Å². The number of halogens is 1. The Balaban J connectivity index is 1.79. The number of thiazole rings is 1. The van der Waals surface area contributed by atoms with Crippen LogP contribution in [0.3, 0.4) is 0 Å². The van der Waals surface area contributed by atoms with E-state index in [9.17, 15) is 9.90 Å². The maximum absolute atomic E-state index is 12.7. The number of hydrogen-bond acceptors (Lipinski definition) is 5. The maximum atomic E-state index is 12.7. The van der Waals surface area contributed by atoms with E-state index in [0.717, 1.165) is 4.88 Å². The molecule has 4 rings (SSSR count). The molecule has 9 heteroatoms. The van der Waals surface area contributed by atoms with Crippen molar-refractivity contribution in [2.75, 3.05) is 0 Å². The van der Waals surface area contributed by atoms with Gasteiger partial charge in [-0.05, 0) is 12.1 Å². The van der Waals surface area contributed by atoms with Crippen LogP contribution >= 0.6 is 22.9 Å². The first-order valence-electron chi connectivity index (χ1n) is 7.46. The molecule has 0 unspecified atom stereocenters. The van der Waals surface area contributed by atoms with Gasteiger partial charge in [-0.25, -0.2) is 4.98 Å². The Morgan fingerprint density at radius 3 is 2.92 bits per heavy atom. The number of aromatic hydroxyl groups is 1. The average molecular weight is 375 g/mol. The minimum atomic E-state index is -0.233. The van der Waals surface area contributed by atoms with Crippen molar-refractivity contribution in [3.05, 3.63) is 64.1 Å². The number of aromatic nitrogens is 5. The molecule has 0 aliphatic heterocycles. The van der Waals surface area contributed by atoms with Crippen molar-refractivity contribution in [2.45, 2.75) is 13.1 Å². The first-order chi connectivity index (χ1) is 12.1. The number of nitrogens with zero attached hydrogens (tertiary/aromatic N) is 5. The fourth-order valence-electron chi connectivity index (χ4n) is 2.73. The molecule has 0 aliphatic rings. The molecule has 0 aromatic carbocycles. The van der Waals surface area contributed by atoms with Gasteiger partial charge in [0.2, 0.25) is 5.78 Å². The van der Waals surface area contributed by atoms with Gasteiger partial charge in [-0.15, -0.1) is 11.3 Å². The summed E-state index contributed by atoms with van der Waals surface area (Å²) in [5.74, 6) is -0.323. The van der Waals surface area contributed by atoms with Crippen LogP contribution in [0.15, 0.2) is 49.1 Å². The number of hydrogen-bond donors (Lipinski definition) is 1. The molecule has 0 aliphatic carbocycles. The second-order valence-electron chi connectivity index (χ2n) is 5.39. The van der Waals surface area contributed by atoms with Crippen LogP contribution in [0.4, 0.5) is 0 Å². The first-order valence-corrected chi connectivity index (χ1v) is 8.65. The third-order valence-electron chi connectivity index (χ3n) is 3.79. The lowest BCUT2D eigenvalue weighted by Gasteiger charge is -1.98. The van der Waals surface area contributed by atoms with E-state index in [0.29, 0.717) is 16.7 Å². The summed E-state index contributed by atoms with van der Waals surface area (Å²) in [4.78, 5) is 17.6. The summed E-state index contributed by atoms with van der Waals surface area (Å²) in [6, 6.07) is 7.25. The monoisotopic (exact) mass is 374 g/mol. The van der Waals surface area contributed by atoms with E-state index in [1.807, 2.05) is 18.2 Å². The Hall–Kier alpha value is -2.71. The molecule has 0 atom stereocenters. The summed E-state index contributed by atoms with van der Waals surface area (Å²) < 4.78 is 5.31. The fourth-order valence-corrected chi connectivity index (χ4v) is 3.70. The Labute approximate surface area is 151 Å². The molecule has 0 spiro atoms. The number of Topliss-reactive ketones (excluding diaryl/α,β-unsaturated/α-hetero) is 1. The highest BCUT2D eigenvalue weighted by Gasteiger charge is 2.30. The minimum Gasteiger partial charge on any atom is -0.475 e. The Kier molecular flexibility index (Phi) is 3.98. The molecule has 0 bridgehead atoms. The van der Waals surface area contributed by atoms with E-state index in [-0.39, 0.29) is 23.9 Å². The minimum absolute atomic E-state index is 0.0496. The molecule has 0 fully saturated rings. The third kappa shape index (κ3) is 2.90. The van der Waals surface area contributed by atoms with Gasteiger partial charge in [-0.1, -0.05) is 17.7 Å². The van der Waals surface area contributed by atoms with E-state index in [4.69, 9.17) is 11.6 Å². The Morgan fingerprint density at radius 2 is 2.20 bits per heavy atom. The SMILES string of the molecule is O=C(Cn1cccn1)c1c(O)[n+](Cc2cnc(Cl)s2)c2ccccn12. The van der Waals surface area contributed by atoms with Gasteiger partial charge in [0, 0.05) is 24.7 Å². The topological polar surface area (TPSA) is 76.3 Å². The van der Waals surface area contributed by atoms with Gasteiger partial charge in [-0.2, -0.15) is 14.1 Å². The molecular formula is C16H13ClN5O2S+. The molecule has 25 heavy (non-hydrogen) atoms. The smallest absolute Gasteiger partial charge is 0.335 e. The number of fused-ring (bicyclic) bond motifs is 1. The predicted molar refractivity (Wildman–Crippen MR) is 92.0 cm³/mol. The lowest BCUT2D eigenvalue weighted by molar-refractivity contribution is -0.667. The molecule has 7 nitrogen and oxygen atoms in total. The molecule has 0 saturated carbocycles. The van der Waals surface area contributed by atoms with Gasteiger partial charge < -0.3 is 5.11 Å². The molecule has 1 N–H and O–H groups in total. The quantitative estimate of drug-likeness (QED) is 0.429. The summed E-state index contributed by atoms with van der Waals surface area (Å²) in [6.07, 6.45) is 6.73. The highest BCUT2D eigenvalue weighted by atomic mass is 35.5. The predicted octanol–water partition coefficient (Wildman–Crippen LogP) is 2.17. The van der Waals surface area contributed by atoms with E-state index in [2.05, 4.69) is 10.1 Å².